The topological polar surface area (TPSA) is 102 Å². The molecular weight excluding hydrogens is 391 g/mol. The molecule has 2 N–H and O–H groups in total. The van der Waals surface area contributed by atoms with Gasteiger partial charge < -0.3 is 14.2 Å². The summed E-state index contributed by atoms with van der Waals surface area (Å²) in [6.45, 7) is 3.06. The van der Waals surface area contributed by atoms with Crippen LogP contribution in [-0.2, 0) is 23.6 Å². The van der Waals surface area contributed by atoms with Crippen molar-refractivity contribution in [1.29, 1.82) is 0 Å². The minimum atomic E-state index is -4.81. The predicted octanol–water partition coefficient (Wildman–Crippen LogP) is 2.88. The van der Waals surface area contributed by atoms with E-state index in [0.717, 1.165) is 5.56 Å². The van der Waals surface area contributed by atoms with Crippen LogP contribution < -0.4 is 4.72 Å². The Morgan fingerprint density at radius 3 is 2.12 bits per heavy atom. The van der Waals surface area contributed by atoms with Crippen LogP contribution in [0, 0.1) is 6.92 Å². The number of benzene rings is 1. The van der Waals surface area contributed by atoms with Crippen molar-refractivity contribution < 1.29 is 35.9 Å². The number of hydrogen-bond donors (Lipinski definition) is 2. The first-order chi connectivity index (χ1) is 12.0. The van der Waals surface area contributed by atoms with Crippen LogP contribution in [0.15, 0.2) is 29.2 Å². The fourth-order valence-corrected chi connectivity index (χ4v) is 4.93. The first-order valence-corrected chi connectivity index (χ1v) is 11.0. The van der Waals surface area contributed by atoms with Gasteiger partial charge in [-0.05, 0) is 32.9 Å². The third kappa shape index (κ3) is 5.80. The molecule has 1 atom stereocenters. The Labute approximate surface area is 152 Å². The van der Waals surface area contributed by atoms with E-state index in [4.69, 9.17) is 0 Å². The average Bonchev–Trinajstić information content (AvgIpc) is 2.54. The van der Waals surface area contributed by atoms with Gasteiger partial charge in [0, 0.05) is 6.42 Å². The summed E-state index contributed by atoms with van der Waals surface area (Å²) in [4.78, 5) is -0.136. The lowest BCUT2D eigenvalue weighted by Gasteiger charge is -2.28. The molecule has 0 saturated heterocycles. The molecule has 0 aromatic heterocycles. The molecule has 0 spiro atoms. The number of aliphatic hydroxyl groups is 1. The number of aryl methyl sites for hydroxylation is 1. The Bertz CT molecular complexity index is 716. The number of sulfonamides is 1. The lowest BCUT2D eigenvalue weighted by atomic mass is 10.2. The van der Waals surface area contributed by atoms with Crippen LogP contribution in [0.4, 0.5) is 8.78 Å². The van der Waals surface area contributed by atoms with E-state index >= 15 is 0 Å². The van der Waals surface area contributed by atoms with Gasteiger partial charge in [0.25, 0.3) is 0 Å². The maximum Gasteiger partial charge on any atom is 0.399 e. The molecule has 1 aromatic rings. The Balaban J connectivity index is 3.00. The number of nitrogens with one attached hydrogen (secondary N) is 1. The Hall–Kier alpha value is -0.900. The van der Waals surface area contributed by atoms with Gasteiger partial charge in [-0.15, -0.1) is 0 Å². The molecule has 1 unspecified atom stereocenters. The van der Waals surface area contributed by atoms with Gasteiger partial charge in [0.05, 0.1) is 30.8 Å². The first kappa shape index (κ1) is 23.1. The molecule has 11 heteroatoms. The largest absolute Gasteiger partial charge is 0.399 e. The molecule has 1 aromatic carbocycles. The highest BCUT2D eigenvalue weighted by molar-refractivity contribution is 7.89. The minimum absolute atomic E-state index is 0.136. The van der Waals surface area contributed by atoms with E-state index < -0.39 is 42.4 Å². The minimum Gasteiger partial charge on any atom is -0.395 e. The van der Waals surface area contributed by atoms with Crippen LogP contribution in [0.25, 0.3) is 0 Å². The number of aliphatic hydroxyl groups excluding tert-OH is 1. The maximum absolute atomic E-state index is 14.5. The van der Waals surface area contributed by atoms with Crippen LogP contribution in [0.1, 0.15) is 25.8 Å². The molecule has 0 bridgehead atoms. The fourth-order valence-electron chi connectivity index (χ4n) is 2.12. The summed E-state index contributed by atoms with van der Waals surface area (Å²) in [5.74, 6) is 0. The van der Waals surface area contributed by atoms with E-state index in [1.807, 2.05) is 4.72 Å². The summed E-state index contributed by atoms with van der Waals surface area (Å²) in [6.07, 6.45) is -1.24. The summed E-state index contributed by atoms with van der Waals surface area (Å²) >= 11 is 0. The zero-order valence-electron chi connectivity index (χ0n) is 14.8. The zero-order valence-corrected chi connectivity index (χ0v) is 16.5. The average molecular weight is 415 g/mol. The van der Waals surface area contributed by atoms with Crippen LogP contribution in [0.2, 0.25) is 0 Å². The second-order valence-corrected chi connectivity index (χ2v) is 9.40. The van der Waals surface area contributed by atoms with Gasteiger partial charge in [0.1, 0.15) is 0 Å². The van der Waals surface area contributed by atoms with Crippen LogP contribution >= 0.6 is 7.60 Å². The SMILES string of the molecule is CCOP(=O)(OCC)C(F)(F)CC(CO)NS(=O)(=O)c1ccc(C)cc1. The first-order valence-electron chi connectivity index (χ1n) is 7.98. The summed E-state index contributed by atoms with van der Waals surface area (Å²) in [6, 6.07) is 4.15. The molecule has 0 heterocycles. The maximum atomic E-state index is 14.5. The molecule has 26 heavy (non-hydrogen) atoms. The van der Waals surface area contributed by atoms with Gasteiger partial charge >= 0.3 is 13.3 Å². The third-order valence-electron chi connectivity index (χ3n) is 3.36. The second-order valence-electron chi connectivity index (χ2n) is 5.52. The molecule has 0 fully saturated rings. The van der Waals surface area contributed by atoms with Crippen molar-refractivity contribution in [3.8, 4) is 0 Å². The van der Waals surface area contributed by atoms with Crippen molar-refractivity contribution in [3.63, 3.8) is 0 Å². The van der Waals surface area contributed by atoms with Crippen LogP contribution in [0.3, 0.4) is 0 Å². The van der Waals surface area contributed by atoms with Gasteiger partial charge in [-0.25, -0.2) is 13.1 Å². The molecule has 0 saturated carbocycles. The van der Waals surface area contributed by atoms with E-state index in [2.05, 4.69) is 9.05 Å². The highest BCUT2D eigenvalue weighted by Crippen LogP contribution is 2.63. The van der Waals surface area contributed by atoms with Gasteiger partial charge in [-0.2, -0.15) is 8.78 Å². The smallest absolute Gasteiger partial charge is 0.395 e. The second kappa shape index (κ2) is 9.34. The zero-order chi connectivity index (χ0) is 20.0. The fraction of sp³-hybridized carbons (Fsp3) is 0.600. The van der Waals surface area contributed by atoms with Crippen molar-refractivity contribution in [2.45, 2.75) is 43.8 Å². The summed E-state index contributed by atoms with van der Waals surface area (Å²) in [7, 11) is -8.96. The van der Waals surface area contributed by atoms with Crippen LogP contribution in [-0.4, -0.2) is 45.1 Å². The predicted molar refractivity (Wildman–Crippen MR) is 92.8 cm³/mol. The summed E-state index contributed by atoms with van der Waals surface area (Å²) in [5.41, 5.74) is -3.16. The van der Waals surface area contributed by atoms with Crippen molar-refractivity contribution >= 4 is 17.6 Å². The van der Waals surface area contributed by atoms with Gasteiger partial charge in [-0.3, -0.25) is 4.57 Å². The highest BCUT2D eigenvalue weighted by Gasteiger charge is 2.54. The lowest BCUT2D eigenvalue weighted by Crippen LogP contribution is -2.41. The van der Waals surface area contributed by atoms with Gasteiger partial charge in [0.15, 0.2) is 0 Å². The molecule has 7 nitrogen and oxygen atoms in total. The quantitative estimate of drug-likeness (QED) is 0.539. The number of alkyl halides is 2. The van der Waals surface area contributed by atoms with E-state index in [1.165, 1.54) is 26.0 Å². The van der Waals surface area contributed by atoms with Crippen molar-refractivity contribution in [1.82, 2.24) is 4.72 Å². The van der Waals surface area contributed by atoms with E-state index in [-0.39, 0.29) is 18.1 Å². The van der Waals surface area contributed by atoms with Crippen molar-refractivity contribution in [3.05, 3.63) is 29.8 Å². The Morgan fingerprint density at radius 1 is 1.19 bits per heavy atom. The van der Waals surface area contributed by atoms with Gasteiger partial charge in [-0.1, -0.05) is 17.7 Å². The van der Waals surface area contributed by atoms with Crippen LogP contribution in [0.5, 0.6) is 0 Å². The molecule has 0 radical (unpaired) electrons. The highest BCUT2D eigenvalue weighted by atomic mass is 32.2. The normalized spacial score (nSPS) is 14.4. The number of halogens is 2. The van der Waals surface area contributed by atoms with E-state index in [9.17, 15) is 26.9 Å². The molecular formula is C15H24F2NO6PS. The summed E-state index contributed by atoms with van der Waals surface area (Å²) in [5, 5.41) is 9.34. The molecule has 0 amide bonds. The molecule has 0 aliphatic heterocycles. The summed E-state index contributed by atoms with van der Waals surface area (Å²) < 4.78 is 77.1. The van der Waals surface area contributed by atoms with Crippen molar-refractivity contribution in [2.75, 3.05) is 19.8 Å². The monoisotopic (exact) mass is 415 g/mol. The number of rotatable bonds is 11. The number of hydrogen-bond acceptors (Lipinski definition) is 6. The molecule has 0 aliphatic rings. The standard InChI is InChI=1S/C15H24F2NO6PS/c1-4-23-25(20,24-5-2)15(16,17)10-13(11-19)18-26(21,22)14-8-6-12(3)7-9-14/h6-9,13,18-19H,4-5,10-11H2,1-3H3. The van der Waals surface area contributed by atoms with Crippen molar-refractivity contribution in [2.24, 2.45) is 0 Å². The van der Waals surface area contributed by atoms with Gasteiger partial charge in [0.2, 0.25) is 10.0 Å². The lowest BCUT2D eigenvalue weighted by molar-refractivity contribution is 0.0194. The van der Waals surface area contributed by atoms with E-state index in [1.54, 1.807) is 19.1 Å². The third-order valence-corrected chi connectivity index (χ3v) is 7.08. The molecule has 0 aliphatic carbocycles. The Kier molecular flexibility index (Phi) is 8.32. The van der Waals surface area contributed by atoms with E-state index in [0.29, 0.717) is 0 Å². The molecule has 1 rings (SSSR count). The molecule has 150 valence electrons. The Morgan fingerprint density at radius 2 is 1.69 bits per heavy atom.